The Morgan fingerprint density at radius 3 is 1.76 bits per heavy atom. The van der Waals surface area contributed by atoms with Crippen molar-refractivity contribution >= 4 is 21.9 Å². The summed E-state index contributed by atoms with van der Waals surface area (Å²) in [4.78, 5) is 14.0. The van der Waals surface area contributed by atoms with Gasteiger partial charge in [-0.15, -0.1) is 0 Å². The lowest BCUT2D eigenvalue weighted by atomic mass is 9.98. The lowest BCUT2D eigenvalue weighted by molar-refractivity contribution is 0.630. The highest BCUT2D eigenvalue weighted by atomic mass is 19.1. The first-order chi connectivity index (χ1) is 18.7. The van der Waals surface area contributed by atoms with Gasteiger partial charge in [0.25, 0.3) is 0 Å². The highest BCUT2D eigenvalue weighted by Gasteiger charge is 2.17. The van der Waals surface area contributed by atoms with Crippen LogP contribution in [-0.4, -0.2) is 15.0 Å². The predicted octanol–water partition coefficient (Wildman–Crippen LogP) is 8.58. The minimum Gasteiger partial charge on any atom is -0.456 e. The molecular weight excluding hydrogens is 473 g/mol. The Bertz CT molecular complexity index is 1870. The molecule has 180 valence electrons. The van der Waals surface area contributed by atoms with E-state index in [0.717, 1.165) is 44.2 Å². The summed E-state index contributed by atoms with van der Waals surface area (Å²) in [5, 5.41) is 1.97. The van der Waals surface area contributed by atoms with Gasteiger partial charge in [-0.2, -0.15) is 0 Å². The first kappa shape index (κ1) is 22.1. The SMILES string of the molecule is Fc1cc(-c2cccc3oc4ccccc4c23)ccc1-c1nc(-c2ccccc2)nc(-c2ccccc2)n1. The van der Waals surface area contributed by atoms with E-state index in [1.807, 2.05) is 109 Å². The number of hydrogen-bond acceptors (Lipinski definition) is 4. The molecule has 38 heavy (non-hydrogen) atoms. The van der Waals surface area contributed by atoms with Crippen molar-refractivity contribution < 1.29 is 8.81 Å². The highest BCUT2D eigenvalue weighted by molar-refractivity contribution is 6.12. The third-order valence-electron chi connectivity index (χ3n) is 6.62. The van der Waals surface area contributed by atoms with Gasteiger partial charge in [0.15, 0.2) is 17.5 Å². The zero-order valence-electron chi connectivity index (χ0n) is 20.2. The fourth-order valence-corrected chi connectivity index (χ4v) is 4.81. The third-order valence-corrected chi connectivity index (χ3v) is 6.62. The highest BCUT2D eigenvalue weighted by Crippen LogP contribution is 2.37. The molecule has 2 heterocycles. The minimum atomic E-state index is -0.406. The van der Waals surface area contributed by atoms with Gasteiger partial charge in [0, 0.05) is 21.9 Å². The number of aromatic nitrogens is 3. The van der Waals surface area contributed by atoms with E-state index in [9.17, 15) is 0 Å². The van der Waals surface area contributed by atoms with E-state index in [-0.39, 0.29) is 5.82 Å². The van der Waals surface area contributed by atoms with Gasteiger partial charge in [0.1, 0.15) is 17.0 Å². The van der Waals surface area contributed by atoms with Gasteiger partial charge in [-0.3, -0.25) is 0 Å². The third kappa shape index (κ3) is 3.82. The molecule has 0 fully saturated rings. The molecule has 0 N–H and O–H groups in total. The van der Waals surface area contributed by atoms with Crippen molar-refractivity contribution in [2.24, 2.45) is 0 Å². The van der Waals surface area contributed by atoms with Crippen molar-refractivity contribution in [3.8, 4) is 45.3 Å². The zero-order chi connectivity index (χ0) is 25.5. The maximum absolute atomic E-state index is 15.8. The molecule has 0 bridgehead atoms. The van der Waals surface area contributed by atoms with Gasteiger partial charge in [0.2, 0.25) is 0 Å². The maximum atomic E-state index is 15.8. The second-order valence-corrected chi connectivity index (χ2v) is 9.01. The fourth-order valence-electron chi connectivity index (χ4n) is 4.81. The quantitative estimate of drug-likeness (QED) is 0.246. The molecule has 0 aliphatic rings. The first-order valence-corrected chi connectivity index (χ1v) is 12.3. The second-order valence-electron chi connectivity index (χ2n) is 9.01. The molecule has 0 spiro atoms. The number of para-hydroxylation sites is 1. The Labute approximate surface area is 218 Å². The number of fused-ring (bicyclic) bond motifs is 3. The summed E-state index contributed by atoms with van der Waals surface area (Å²) in [6, 6.07) is 38.2. The van der Waals surface area contributed by atoms with E-state index in [4.69, 9.17) is 9.40 Å². The second kappa shape index (κ2) is 9.05. The maximum Gasteiger partial charge on any atom is 0.167 e. The van der Waals surface area contributed by atoms with E-state index < -0.39 is 5.82 Å². The van der Waals surface area contributed by atoms with E-state index >= 15 is 4.39 Å². The Morgan fingerprint density at radius 1 is 0.474 bits per heavy atom. The molecule has 2 aromatic heterocycles. The number of benzene rings is 5. The van der Waals surface area contributed by atoms with Crippen LogP contribution in [0, 0.1) is 5.82 Å². The normalized spacial score (nSPS) is 11.3. The summed E-state index contributed by atoms with van der Waals surface area (Å²) in [7, 11) is 0. The van der Waals surface area contributed by atoms with Crippen LogP contribution in [0.5, 0.6) is 0 Å². The molecule has 0 saturated heterocycles. The van der Waals surface area contributed by atoms with E-state index in [1.165, 1.54) is 0 Å². The van der Waals surface area contributed by atoms with Crippen LogP contribution in [0.25, 0.3) is 67.2 Å². The van der Waals surface area contributed by atoms with Crippen LogP contribution < -0.4 is 0 Å². The number of rotatable bonds is 4. The zero-order valence-corrected chi connectivity index (χ0v) is 20.2. The smallest absolute Gasteiger partial charge is 0.167 e. The van der Waals surface area contributed by atoms with Gasteiger partial charge in [-0.25, -0.2) is 19.3 Å². The molecule has 0 radical (unpaired) electrons. The summed E-state index contributed by atoms with van der Waals surface area (Å²) >= 11 is 0. The predicted molar refractivity (Wildman–Crippen MR) is 149 cm³/mol. The molecule has 0 saturated carbocycles. The molecule has 0 amide bonds. The topological polar surface area (TPSA) is 51.8 Å². The molecule has 7 rings (SSSR count). The van der Waals surface area contributed by atoms with Crippen LogP contribution in [0.15, 0.2) is 126 Å². The Balaban J connectivity index is 1.38. The van der Waals surface area contributed by atoms with Crippen LogP contribution in [-0.2, 0) is 0 Å². The van der Waals surface area contributed by atoms with Gasteiger partial charge in [0.05, 0.1) is 5.56 Å². The molecule has 0 aliphatic heterocycles. The summed E-state index contributed by atoms with van der Waals surface area (Å²) < 4.78 is 21.8. The molecule has 0 unspecified atom stereocenters. The summed E-state index contributed by atoms with van der Waals surface area (Å²) in [6.07, 6.45) is 0. The van der Waals surface area contributed by atoms with Crippen LogP contribution in [0.1, 0.15) is 0 Å². The minimum absolute atomic E-state index is 0.286. The van der Waals surface area contributed by atoms with Crippen molar-refractivity contribution in [2.45, 2.75) is 0 Å². The monoisotopic (exact) mass is 493 g/mol. The van der Waals surface area contributed by atoms with Crippen molar-refractivity contribution in [3.05, 3.63) is 127 Å². The average molecular weight is 494 g/mol. The molecular formula is C33H20FN3O. The van der Waals surface area contributed by atoms with Gasteiger partial charge in [-0.05, 0) is 35.4 Å². The van der Waals surface area contributed by atoms with Gasteiger partial charge < -0.3 is 4.42 Å². The van der Waals surface area contributed by atoms with Gasteiger partial charge in [-0.1, -0.05) is 97.1 Å². The number of halogens is 1. The van der Waals surface area contributed by atoms with E-state index in [0.29, 0.717) is 17.2 Å². The molecule has 4 nitrogen and oxygen atoms in total. The standard InChI is InChI=1S/C33H20FN3O/c34-27-20-23(24-15-9-17-29-30(24)26-14-7-8-16-28(26)38-29)18-19-25(27)33-36-31(21-10-3-1-4-11-21)35-32(37-33)22-12-5-2-6-13-22/h1-20H. The van der Waals surface area contributed by atoms with Gasteiger partial charge >= 0.3 is 0 Å². The van der Waals surface area contributed by atoms with Crippen LogP contribution in [0.3, 0.4) is 0 Å². The molecule has 0 aliphatic carbocycles. The summed E-state index contributed by atoms with van der Waals surface area (Å²) in [6.45, 7) is 0. The summed E-state index contributed by atoms with van der Waals surface area (Å²) in [5.74, 6) is 0.866. The van der Waals surface area contributed by atoms with Crippen molar-refractivity contribution in [3.63, 3.8) is 0 Å². The largest absolute Gasteiger partial charge is 0.456 e. The first-order valence-electron chi connectivity index (χ1n) is 12.3. The molecule has 0 atom stereocenters. The fraction of sp³-hybridized carbons (Fsp3) is 0. The molecule has 5 aromatic carbocycles. The number of furan rings is 1. The van der Waals surface area contributed by atoms with Crippen molar-refractivity contribution in [2.75, 3.05) is 0 Å². The molecule has 7 aromatic rings. The average Bonchev–Trinajstić information content (AvgIpc) is 3.37. The lowest BCUT2D eigenvalue weighted by Crippen LogP contribution is -2.01. The number of hydrogen-bond donors (Lipinski definition) is 0. The number of nitrogens with zero attached hydrogens (tertiary/aromatic N) is 3. The summed E-state index contributed by atoms with van der Waals surface area (Å²) in [5.41, 5.74) is 5.22. The van der Waals surface area contributed by atoms with E-state index in [2.05, 4.69) is 9.97 Å². The van der Waals surface area contributed by atoms with Crippen LogP contribution in [0.4, 0.5) is 4.39 Å². The molecule has 5 heteroatoms. The van der Waals surface area contributed by atoms with Crippen LogP contribution >= 0.6 is 0 Å². The Morgan fingerprint density at radius 2 is 1.08 bits per heavy atom. The lowest BCUT2D eigenvalue weighted by Gasteiger charge is -2.10. The van der Waals surface area contributed by atoms with Crippen LogP contribution in [0.2, 0.25) is 0 Å². The van der Waals surface area contributed by atoms with Crippen molar-refractivity contribution in [1.82, 2.24) is 15.0 Å². The van der Waals surface area contributed by atoms with E-state index in [1.54, 1.807) is 12.1 Å². The Kier molecular flexibility index (Phi) is 5.26. The van der Waals surface area contributed by atoms with Crippen molar-refractivity contribution in [1.29, 1.82) is 0 Å². The Hall–Kier alpha value is -5.16.